The molecule has 3 heterocycles. The van der Waals surface area contributed by atoms with Crippen LogP contribution in [0.1, 0.15) is 10.4 Å². The molecule has 3 nitrogen and oxygen atoms in total. The lowest BCUT2D eigenvalue weighted by atomic mass is 10.1. The summed E-state index contributed by atoms with van der Waals surface area (Å²) in [5.74, 6) is -0.445. The molecule has 4 rings (SSSR count). The third-order valence-electron chi connectivity index (χ3n) is 4.32. The minimum atomic E-state index is -0.392. The van der Waals surface area contributed by atoms with Gasteiger partial charge < -0.3 is 4.48 Å². The van der Waals surface area contributed by atoms with Gasteiger partial charge in [0.05, 0.1) is 25.2 Å². The Bertz CT molecular complexity index is 453. The highest BCUT2D eigenvalue weighted by Gasteiger charge is 2.40. The normalized spacial score (nSPS) is 30.4. The van der Waals surface area contributed by atoms with Gasteiger partial charge in [-0.2, -0.15) is 0 Å². The van der Waals surface area contributed by atoms with Crippen LogP contribution in [0.15, 0.2) is 24.3 Å². The van der Waals surface area contributed by atoms with Gasteiger partial charge in [-0.3, -0.25) is 9.69 Å². The van der Waals surface area contributed by atoms with Gasteiger partial charge in [-0.1, -0.05) is 12.1 Å². The van der Waals surface area contributed by atoms with Crippen molar-refractivity contribution in [2.24, 2.45) is 0 Å². The Morgan fingerprint density at radius 3 is 2.39 bits per heavy atom. The smallest absolute Gasteiger partial charge is 0.219 e. The topological polar surface area (TPSA) is 20.3 Å². The van der Waals surface area contributed by atoms with Crippen molar-refractivity contribution in [1.29, 1.82) is 0 Å². The number of carbonyl (C=O) groups excluding carboxylic acids is 1. The summed E-state index contributed by atoms with van der Waals surface area (Å²) in [4.78, 5) is 14.7. The Morgan fingerprint density at radius 1 is 1.17 bits per heavy atom. The van der Waals surface area contributed by atoms with E-state index < -0.39 is 5.82 Å². The van der Waals surface area contributed by atoms with E-state index in [1.165, 1.54) is 6.07 Å². The first-order valence-corrected chi connectivity index (χ1v) is 6.54. The van der Waals surface area contributed by atoms with Gasteiger partial charge in [0.1, 0.15) is 12.4 Å². The molecule has 3 aliphatic heterocycles. The highest BCUT2D eigenvalue weighted by atomic mass is 19.1. The average Bonchev–Trinajstić information content (AvgIpc) is 2.40. The quantitative estimate of drug-likeness (QED) is 0.592. The van der Waals surface area contributed by atoms with Crippen LogP contribution in [0.5, 0.6) is 0 Å². The van der Waals surface area contributed by atoms with Crippen molar-refractivity contribution >= 4 is 5.78 Å². The van der Waals surface area contributed by atoms with Crippen LogP contribution in [0.25, 0.3) is 0 Å². The molecular weight excluding hydrogens is 231 g/mol. The molecule has 0 N–H and O–H groups in total. The zero-order valence-corrected chi connectivity index (χ0v) is 10.4. The van der Waals surface area contributed by atoms with E-state index in [-0.39, 0.29) is 11.3 Å². The fraction of sp³-hybridized carbons (Fsp3) is 0.500. The zero-order valence-electron chi connectivity index (χ0n) is 10.4. The molecule has 18 heavy (non-hydrogen) atoms. The van der Waals surface area contributed by atoms with Crippen molar-refractivity contribution in [3.63, 3.8) is 0 Å². The summed E-state index contributed by atoms with van der Waals surface area (Å²) in [6, 6.07) is 6.31. The summed E-state index contributed by atoms with van der Waals surface area (Å²) >= 11 is 0. The van der Waals surface area contributed by atoms with Crippen LogP contribution >= 0.6 is 0 Å². The van der Waals surface area contributed by atoms with Gasteiger partial charge in [-0.15, -0.1) is 0 Å². The fourth-order valence-electron chi connectivity index (χ4n) is 3.05. The second-order valence-electron chi connectivity index (χ2n) is 5.42. The second kappa shape index (κ2) is 4.44. The second-order valence-corrected chi connectivity index (χ2v) is 5.42. The molecule has 0 unspecified atom stereocenters. The van der Waals surface area contributed by atoms with Crippen molar-refractivity contribution in [3.8, 4) is 0 Å². The summed E-state index contributed by atoms with van der Waals surface area (Å²) in [5, 5.41) is 0. The molecule has 1 aromatic carbocycles. The lowest BCUT2D eigenvalue weighted by molar-refractivity contribution is -0.933. The van der Waals surface area contributed by atoms with Gasteiger partial charge >= 0.3 is 0 Å². The number of ketones is 1. The molecule has 0 aliphatic carbocycles. The van der Waals surface area contributed by atoms with E-state index in [1.54, 1.807) is 18.2 Å². The minimum Gasteiger partial charge on any atom is -0.314 e. The lowest BCUT2D eigenvalue weighted by Gasteiger charge is -2.50. The van der Waals surface area contributed by atoms with Gasteiger partial charge in [0.25, 0.3) is 0 Å². The van der Waals surface area contributed by atoms with E-state index in [1.807, 2.05) is 0 Å². The molecule has 4 heteroatoms. The molecule has 0 radical (unpaired) electrons. The van der Waals surface area contributed by atoms with E-state index in [2.05, 4.69) is 4.90 Å². The maximum Gasteiger partial charge on any atom is 0.219 e. The van der Waals surface area contributed by atoms with Crippen LogP contribution in [-0.2, 0) is 0 Å². The number of halogens is 1. The van der Waals surface area contributed by atoms with E-state index >= 15 is 0 Å². The highest BCUT2D eigenvalue weighted by Crippen LogP contribution is 2.20. The van der Waals surface area contributed by atoms with Gasteiger partial charge in [-0.25, -0.2) is 4.39 Å². The van der Waals surface area contributed by atoms with Crippen LogP contribution in [0.3, 0.4) is 0 Å². The molecule has 0 atom stereocenters. The van der Waals surface area contributed by atoms with Crippen molar-refractivity contribution in [1.82, 2.24) is 4.90 Å². The number of hydrogen-bond acceptors (Lipinski definition) is 2. The molecule has 3 aliphatic rings. The number of carbonyl (C=O) groups is 1. The van der Waals surface area contributed by atoms with E-state index in [9.17, 15) is 9.18 Å². The largest absolute Gasteiger partial charge is 0.314 e. The van der Waals surface area contributed by atoms with Crippen molar-refractivity contribution < 1.29 is 13.7 Å². The summed E-state index contributed by atoms with van der Waals surface area (Å²) < 4.78 is 14.4. The zero-order chi connectivity index (χ0) is 12.6. The van der Waals surface area contributed by atoms with Crippen LogP contribution < -0.4 is 0 Å². The van der Waals surface area contributed by atoms with Crippen LogP contribution in [0.4, 0.5) is 4.39 Å². The molecule has 96 valence electrons. The monoisotopic (exact) mass is 249 g/mol. The van der Waals surface area contributed by atoms with Crippen molar-refractivity contribution in [2.75, 3.05) is 45.8 Å². The first-order chi connectivity index (χ1) is 8.69. The maximum absolute atomic E-state index is 13.6. The molecule has 0 aromatic heterocycles. The Hall–Kier alpha value is -1.26. The lowest BCUT2D eigenvalue weighted by Crippen LogP contribution is -2.68. The standard InChI is InChI=1S/C14H18FN2O/c15-13-4-2-1-3-12(13)14(18)11-17-8-5-16(6-9-17)7-10-17/h1-4H,5-11H2/q+1. The maximum atomic E-state index is 13.6. The van der Waals surface area contributed by atoms with Crippen LogP contribution in [0, 0.1) is 5.82 Å². The highest BCUT2D eigenvalue weighted by molar-refractivity contribution is 5.97. The third kappa shape index (κ3) is 2.06. The Morgan fingerprint density at radius 2 is 1.78 bits per heavy atom. The van der Waals surface area contributed by atoms with E-state index in [4.69, 9.17) is 0 Å². The number of fused-ring (bicyclic) bond motifs is 3. The number of hydrogen-bond donors (Lipinski definition) is 0. The van der Waals surface area contributed by atoms with Crippen molar-refractivity contribution in [2.45, 2.75) is 0 Å². The predicted molar refractivity (Wildman–Crippen MR) is 66.9 cm³/mol. The Kier molecular flexibility index (Phi) is 2.92. The average molecular weight is 249 g/mol. The number of benzene rings is 1. The third-order valence-corrected chi connectivity index (χ3v) is 4.32. The summed E-state index contributed by atoms with van der Waals surface area (Å²) in [6.45, 7) is 6.76. The summed E-state index contributed by atoms with van der Waals surface area (Å²) in [5.41, 5.74) is 0.248. The number of piperazine rings is 3. The van der Waals surface area contributed by atoms with E-state index in [0.29, 0.717) is 6.54 Å². The molecule has 0 amide bonds. The molecule has 1 aromatic rings. The fourth-order valence-corrected chi connectivity index (χ4v) is 3.05. The number of rotatable bonds is 3. The number of Topliss-reactive ketones (excluding diaryl/α,β-unsaturated/α-hetero) is 1. The molecule has 3 fully saturated rings. The first-order valence-electron chi connectivity index (χ1n) is 6.54. The Labute approximate surface area is 106 Å². The number of quaternary nitrogens is 1. The molecule has 2 bridgehead atoms. The minimum absolute atomic E-state index is 0.0524. The Balaban J connectivity index is 1.76. The van der Waals surface area contributed by atoms with Crippen molar-refractivity contribution in [3.05, 3.63) is 35.6 Å². The van der Waals surface area contributed by atoms with Gasteiger partial charge in [-0.05, 0) is 12.1 Å². The van der Waals surface area contributed by atoms with Crippen LogP contribution in [-0.4, -0.2) is 61.0 Å². The predicted octanol–water partition coefficient (Wildman–Crippen LogP) is 1.15. The van der Waals surface area contributed by atoms with Crippen LogP contribution in [0.2, 0.25) is 0 Å². The van der Waals surface area contributed by atoms with E-state index in [0.717, 1.165) is 43.8 Å². The molecule has 0 spiro atoms. The number of nitrogens with zero attached hydrogens (tertiary/aromatic N) is 2. The molecular formula is C14H18FN2O+. The summed E-state index contributed by atoms with van der Waals surface area (Å²) in [7, 11) is 0. The van der Waals surface area contributed by atoms with Gasteiger partial charge in [0, 0.05) is 19.6 Å². The molecule has 0 saturated carbocycles. The first kappa shape index (κ1) is 11.8. The summed E-state index contributed by atoms with van der Waals surface area (Å²) in [6.07, 6.45) is 0. The molecule has 3 saturated heterocycles. The van der Waals surface area contributed by atoms with Gasteiger partial charge in [0.2, 0.25) is 5.78 Å². The SMILES string of the molecule is O=C(C[N+]12CCN(CC1)CC2)c1ccccc1F. The van der Waals surface area contributed by atoms with Gasteiger partial charge in [0.15, 0.2) is 0 Å².